The molecule has 1 aliphatic rings. The van der Waals surface area contributed by atoms with Gasteiger partial charge in [-0.1, -0.05) is 19.9 Å². The normalized spacial score (nSPS) is 15.9. The van der Waals surface area contributed by atoms with E-state index in [4.69, 9.17) is 0 Å². The first kappa shape index (κ1) is 20.0. The summed E-state index contributed by atoms with van der Waals surface area (Å²) in [6, 6.07) is 7.08. The zero-order chi connectivity index (χ0) is 18.9. The number of amides is 1. The summed E-state index contributed by atoms with van der Waals surface area (Å²) < 4.78 is 13.4. The van der Waals surface area contributed by atoms with Crippen molar-refractivity contribution in [1.29, 1.82) is 0 Å². The molecule has 1 aromatic carbocycles. The van der Waals surface area contributed by atoms with Crippen molar-refractivity contribution in [3.05, 3.63) is 30.1 Å². The third-order valence-electron chi connectivity index (χ3n) is 4.47. The molecule has 0 aliphatic carbocycles. The van der Waals surface area contributed by atoms with Gasteiger partial charge >= 0.3 is 0 Å². The quantitative estimate of drug-likeness (QED) is 0.409. The van der Waals surface area contributed by atoms with E-state index < -0.39 is 0 Å². The number of carbonyl (C=O) groups is 1. The number of nitrogens with zero attached hydrogens (tertiary/aromatic N) is 2. The molecule has 0 atom stereocenters. The molecule has 1 amide bonds. The molecule has 6 nitrogen and oxygen atoms in total. The molecule has 1 fully saturated rings. The summed E-state index contributed by atoms with van der Waals surface area (Å²) in [6.45, 7) is 6.69. The summed E-state index contributed by atoms with van der Waals surface area (Å²) in [4.78, 5) is 18.0. The molecule has 1 aliphatic heterocycles. The van der Waals surface area contributed by atoms with Crippen LogP contribution in [0.4, 0.5) is 10.1 Å². The third-order valence-corrected chi connectivity index (χ3v) is 4.47. The van der Waals surface area contributed by atoms with Crippen molar-refractivity contribution in [3.63, 3.8) is 0 Å². The van der Waals surface area contributed by atoms with Gasteiger partial charge < -0.3 is 20.9 Å². The number of rotatable bonds is 6. The summed E-state index contributed by atoms with van der Waals surface area (Å²) in [7, 11) is 1.74. The number of anilines is 1. The molecular weight excluding hydrogens is 333 g/mol. The maximum atomic E-state index is 13.4. The number of aliphatic imine (C=N–C) groups is 1. The zero-order valence-electron chi connectivity index (χ0n) is 15.9. The minimum Gasteiger partial charge on any atom is -0.371 e. The van der Waals surface area contributed by atoms with Gasteiger partial charge in [0.1, 0.15) is 5.82 Å². The predicted molar refractivity (Wildman–Crippen MR) is 104 cm³/mol. The van der Waals surface area contributed by atoms with Crippen LogP contribution in [0.5, 0.6) is 0 Å². The lowest BCUT2D eigenvalue weighted by molar-refractivity contribution is -0.123. The first-order valence-electron chi connectivity index (χ1n) is 9.25. The van der Waals surface area contributed by atoms with Crippen LogP contribution in [0.2, 0.25) is 0 Å². The fraction of sp³-hybridized carbons (Fsp3) is 0.579. The average Bonchev–Trinajstić information content (AvgIpc) is 2.64. The number of piperidine rings is 1. The van der Waals surface area contributed by atoms with Crippen molar-refractivity contribution in [3.8, 4) is 0 Å². The number of benzene rings is 1. The van der Waals surface area contributed by atoms with E-state index in [0.717, 1.165) is 37.6 Å². The number of hydrogen-bond acceptors (Lipinski definition) is 3. The Kier molecular flexibility index (Phi) is 7.69. The van der Waals surface area contributed by atoms with Gasteiger partial charge in [0.2, 0.25) is 5.91 Å². The topological polar surface area (TPSA) is 68.8 Å². The van der Waals surface area contributed by atoms with Crippen LogP contribution in [0.1, 0.15) is 26.7 Å². The van der Waals surface area contributed by atoms with Crippen LogP contribution in [0.15, 0.2) is 29.3 Å². The Labute approximate surface area is 155 Å². The highest BCUT2D eigenvalue weighted by Crippen LogP contribution is 2.20. The summed E-state index contributed by atoms with van der Waals surface area (Å²) >= 11 is 0. The van der Waals surface area contributed by atoms with E-state index in [2.05, 4.69) is 25.8 Å². The highest BCUT2D eigenvalue weighted by Gasteiger charge is 2.20. The number of nitrogens with one attached hydrogen (secondary N) is 3. The van der Waals surface area contributed by atoms with Gasteiger partial charge in [-0.05, 0) is 31.0 Å². The van der Waals surface area contributed by atoms with Crippen LogP contribution in [0, 0.1) is 11.7 Å². The van der Waals surface area contributed by atoms with Gasteiger partial charge in [-0.15, -0.1) is 0 Å². The fourth-order valence-electron chi connectivity index (χ4n) is 2.91. The number of hydrogen-bond donors (Lipinski definition) is 3. The largest absolute Gasteiger partial charge is 0.371 e. The van der Waals surface area contributed by atoms with Crippen molar-refractivity contribution in [2.45, 2.75) is 32.7 Å². The smallest absolute Gasteiger partial charge is 0.222 e. The lowest BCUT2D eigenvalue weighted by Crippen LogP contribution is -2.49. The molecule has 26 heavy (non-hydrogen) atoms. The lowest BCUT2D eigenvalue weighted by Gasteiger charge is -2.34. The van der Waals surface area contributed by atoms with Crippen molar-refractivity contribution < 1.29 is 9.18 Å². The molecule has 0 aromatic heterocycles. The average molecular weight is 363 g/mol. The summed E-state index contributed by atoms with van der Waals surface area (Å²) in [6.07, 6.45) is 1.92. The van der Waals surface area contributed by atoms with Crippen LogP contribution in [0.3, 0.4) is 0 Å². The first-order chi connectivity index (χ1) is 12.5. The standard InChI is InChI=1S/C19H30FN5O/c1-14(2)18(26)22-9-10-23-19(21-3)24-16-7-11-25(12-8-16)17-6-4-5-15(20)13-17/h4-6,13-14,16H,7-12H2,1-3H3,(H,22,26)(H2,21,23,24). The fourth-order valence-corrected chi connectivity index (χ4v) is 2.91. The van der Waals surface area contributed by atoms with E-state index in [1.54, 1.807) is 19.2 Å². The molecule has 0 bridgehead atoms. The zero-order valence-corrected chi connectivity index (χ0v) is 15.9. The molecule has 2 rings (SSSR count). The molecule has 1 saturated heterocycles. The predicted octanol–water partition coefficient (Wildman–Crippen LogP) is 1.73. The third kappa shape index (κ3) is 6.20. The lowest BCUT2D eigenvalue weighted by atomic mass is 10.0. The Bertz CT molecular complexity index is 612. The molecule has 0 radical (unpaired) electrons. The van der Waals surface area contributed by atoms with Crippen LogP contribution in [-0.4, -0.2) is 51.1 Å². The van der Waals surface area contributed by atoms with Gasteiger partial charge in [-0.25, -0.2) is 4.39 Å². The van der Waals surface area contributed by atoms with Gasteiger partial charge in [0.25, 0.3) is 0 Å². The Morgan fingerprint density at radius 1 is 1.27 bits per heavy atom. The van der Waals surface area contributed by atoms with E-state index >= 15 is 0 Å². The maximum Gasteiger partial charge on any atom is 0.222 e. The number of halogens is 1. The van der Waals surface area contributed by atoms with E-state index in [0.29, 0.717) is 19.1 Å². The monoisotopic (exact) mass is 363 g/mol. The Balaban J connectivity index is 1.71. The molecule has 7 heteroatoms. The molecule has 0 saturated carbocycles. The molecular formula is C19H30FN5O. The minimum absolute atomic E-state index is 0.00397. The van der Waals surface area contributed by atoms with Crippen LogP contribution < -0.4 is 20.9 Å². The van der Waals surface area contributed by atoms with Gasteiger partial charge in [-0.3, -0.25) is 9.79 Å². The van der Waals surface area contributed by atoms with E-state index in [1.807, 2.05) is 19.9 Å². The number of carbonyl (C=O) groups excluding carboxylic acids is 1. The van der Waals surface area contributed by atoms with Crippen LogP contribution in [-0.2, 0) is 4.79 Å². The molecule has 3 N–H and O–H groups in total. The molecule has 144 valence electrons. The van der Waals surface area contributed by atoms with Crippen molar-refractivity contribution >= 4 is 17.6 Å². The second-order valence-electron chi connectivity index (χ2n) is 6.83. The summed E-state index contributed by atoms with van der Waals surface area (Å²) in [5, 5.41) is 9.52. The van der Waals surface area contributed by atoms with Gasteiger partial charge in [0, 0.05) is 50.9 Å². The van der Waals surface area contributed by atoms with Gasteiger partial charge in [0.15, 0.2) is 5.96 Å². The molecule has 0 spiro atoms. The Morgan fingerprint density at radius 2 is 1.96 bits per heavy atom. The second kappa shape index (κ2) is 9.99. The van der Waals surface area contributed by atoms with Crippen molar-refractivity contribution in [2.75, 3.05) is 38.1 Å². The van der Waals surface area contributed by atoms with Gasteiger partial charge in [-0.2, -0.15) is 0 Å². The highest BCUT2D eigenvalue weighted by atomic mass is 19.1. The van der Waals surface area contributed by atoms with E-state index in [9.17, 15) is 9.18 Å². The highest BCUT2D eigenvalue weighted by molar-refractivity contribution is 5.80. The van der Waals surface area contributed by atoms with Crippen LogP contribution in [0.25, 0.3) is 0 Å². The Morgan fingerprint density at radius 3 is 2.58 bits per heavy atom. The minimum atomic E-state index is -0.197. The van der Waals surface area contributed by atoms with E-state index in [-0.39, 0.29) is 17.6 Å². The number of guanidine groups is 1. The van der Waals surface area contributed by atoms with Crippen molar-refractivity contribution in [1.82, 2.24) is 16.0 Å². The summed E-state index contributed by atoms with van der Waals surface area (Å²) in [5.74, 6) is 0.597. The SMILES string of the molecule is CN=C(NCCNC(=O)C(C)C)NC1CCN(c2cccc(F)c2)CC1. The molecule has 0 unspecified atom stereocenters. The second-order valence-corrected chi connectivity index (χ2v) is 6.83. The van der Waals surface area contributed by atoms with Crippen molar-refractivity contribution in [2.24, 2.45) is 10.9 Å². The molecule has 1 aromatic rings. The summed E-state index contributed by atoms with van der Waals surface area (Å²) in [5.41, 5.74) is 0.937. The maximum absolute atomic E-state index is 13.4. The first-order valence-corrected chi connectivity index (χ1v) is 9.25. The molecule has 1 heterocycles. The van der Waals surface area contributed by atoms with Gasteiger partial charge in [0.05, 0.1) is 0 Å². The Hall–Kier alpha value is -2.31. The van der Waals surface area contributed by atoms with E-state index in [1.165, 1.54) is 6.07 Å². The van der Waals surface area contributed by atoms with Crippen LogP contribution >= 0.6 is 0 Å².